The average molecular weight is 306 g/mol. The molecule has 3 rings (SSSR count). The van der Waals surface area contributed by atoms with E-state index in [1.165, 1.54) is 11.3 Å². The molecule has 0 radical (unpaired) electrons. The lowest BCUT2D eigenvalue weighted by molar-refractivity contribution is 0.513. The second kappa shape index (κ2) is 6.07. The summed E-state index contributed by atoms with van der Waals surface area (Å²) >= 11 is 7.63. The van der Waals surface area contributed by atoms with Crippen LogP contribution in [0.5, 0.6) is 0 Å². The number of anilines is 1. The first-order chi connectivity index (χ1) is 9.83. The molecule has 0 unspecified atom stereocenters. The summed E-state index contributed by atoms with van der Waals surface area (Å²) < 4.78 is 5.27. The van der Waals surface area contributed by atoms with Crippen LogP contribution in [0.2, 0.25) is 5.02 Å². The Morgan fingerprint density at radius 3 is 2.85 bits per heavy atom. The fraction of sp³-hybridized carbons (Fsp3) is 0.143. The van der Waals surface area contributed by atoms with Crippen molar-refractivity contribution in [1.82, 2.24) is 10.2 Å². The van der Waals surface area contributed by atoms with Gasteiger partial charge in [-0.2, -0.15) is 0 Å². The van der Waals surface area contributed by atoms with E-state index < -0.39 is 0 Å². The van der Waals surface area contributed by atoms with Crippen LogP contribution in [0.1, 0.15) is 5.76 Å². The van der Waals surface area contributed by atoms with Crippen LogP contribution in [-0.2, 0) is 6.42 Å². The molecule has 3 aromatic rings. The summed E-state index contributed by atoms with van der Waals surface area (Å²) in [7, 11) is 0. The van der Waals surface area contributed by atoms with Gasteiger partial charge in [0.05, 0.1) is 11.3 Å². The molecule has 0 aliphatic carbocycles. The Bertz CT molecular complexity index is 681. The minimum Gasteiger partial charge on any atom is -0.469 e. The number of furan rings is 1. The van der Waals surface area contributed by atoms with Crippen LogP contribution in [-0.4, -0.2) is 16.7 Å². The van der Waals surface area contributed by atoms with Gasteiger partial charge in [-0.25, -0.2) is 0 Å². The molecule has 0 aliphatic heterocycles. The van der Waals surface area contributed by atoms with Gasteiger partial charge in [0.1, 0.15) is 5.76 Å². The predicted molar refractivity (Wildman–Crippen MR) is 81.3 cm³/mol. The van der Waals surface area contributed by atoms with E-state index >= 15 is 0 Å². The van der Waals surface area contributed by atoms with Crippen LogP contribution in [0.15, 0.2) is 47.1 Å². The van der Waals surface area contributed by atoms with Gasteiger partial charge in [-0.1, -0.05) is 41.1 Å². The zero-order chi connectivity index (χ0) is 13.8. The molecule has 0 amide bonds. The Morgan fingerprint density at radius 2 is 2.05 bits per heavy atom. The van der Waals surface area contributed by atoms with Crippen molar-refractivity contribution < 1.29 is 4.42 Å². The third kappa shape index (κ3) is 3.00. The van der Waals surface area contributed by atoms with Crippen molar-refractivity contribution in [3.05, 3.63) is 53.4 Å². The Kier molecular flexibility index (Phi) is 3.99. The number of hydrogen-bond donors (Lipinski definition) is 1. The fourth-order valence-electron chi connectivity index (χ4n) is 1.79. The molecule has 0 fully saturated rings. The lowest BCUT2D eigenvalue weighted by Crippen LogP contribution is -2.03. The van der Waals surface area contributed by atoms with Crippen molar-refractivity contribution in [2.75, 3.05) is 11.9 Å². The van der Waals surface area contributed by atoms with E-state index in [4.69, 9.17) is 16.0 Å². The number of rotatable bonds is 5. The number of benzene rings is 1. The topological polar surface area (TPSA) is 51.0 Å². The smallest absolute Gasteiger partial charge is 0.206 e. The molecular formula is C14H12ClN3OS. The van der Waals surface area contributed by atoms with Crippen molar-refractivity contribution in [3.8, 4) is 10.6 Å². The standard InChI is InChI=1S/C14H12ClN3OS/c15-12-6-2-1-5-11(12)13-17-18-14(20-13)16-8-7-10-4-3-9-19-10/h1-6,9H,7-8H2,(H,16,18). The van der Waals surface area contributed by atoms with Crippen molar-refractivity contribution in [2.24, 2.45) is 0 Å². The van der Waals surface area contributed by atoms with Gasteiger partial charge in [0.25, 0.3) is 0 Å². The van der Waals surface area contributed by atoms with Crippen LogP contribution in [0.3, 0.4) is 0 Å². The van der Waals surface area contributed by atoms with Crippen molar-refractivity contribution >= 4 is 28.1 Å². The van der Waals surface area contributed by atoms with E-state index in [1.807, 2.05) is 36.4 Å². The summed E-state index contributed by atoms with van der Waals surface area (Å²) in [5.74, 6) is 0.952. The zero-order valence-electron chi connectivity index (χ0n) is 10.5. The first kappa shape index (κ1) is 13.1. The highest BCUT2D eigenvalue weighted by molar-refractivity contribution is 7.18. The molecule has 20 heavy (non-hydrogen) atoms. The molecular weight excluding hydrogens is 294 g/mol. The number of halogens is 1. The quantitative estimate of drug-likeness (QED) is 0.771. The molecule has 0 aliphatic rings. The Morgan fingerprint density at radius 1 is 1.15 bits per heavy atom. The summed E-state index contributed by atoms with van der Waals surface area (Å²) in [5.41, 5.74) is 0.908. The molecule has 0 saturated heterocycles. The predicted octanol–water partition coefficient (Wildman–Crippen LogP) is 4.11. The van der Waals surface area contributed by atoms with E-state index in [9.17, 15) is 0 Å². The van der Waals surface area contributed by atoms with Gasteiger partial charge >= 0.3 is 0 Å². The van der Waals surface area contributed by atoms with Gasteiger partial charge in [0, 0.05) is 18.5 Å². The second-order valence-electron chi connectivity index (χ2n) is 4.15. The summed E-state index contributed by atoms with van der Waals surface area (Å²) in [6.07, 6.45) is 2.49. The van der Waals surface area contributed by atoms with Gasteiger partial charge in [-0.15, -0.1) is 10.2 Å². The number of nitrogens with zero attached hydrogens (tertiary/aromatic N) is 2. The second-order valence-corrected chi connectivity index (χ2v) is 5.53. The molecule has 1 N–H and O–H groups in total. The molecule has 0 spiro atoms. The molecule has 2 aromatic heterocycles. The summed E-state index contributed by atoms with van der Waals surface area (Å²) in [5, 5.41) is 13.8. The maximum absolute atomic E-state index is 6.15. The lowest BCUT2D eigenvalue weighted by atomic mass is 10.2. The largest absolute Gasteiger partial charge is 0.469 e. The summed E-state index contributed by atoms with van der Waals surface area (Å²) in [4.78, 5) is 0. The highest BCUT2D eigenvalue weighted by atomic mass is 35.5. The zero-order valence-corrected chi connectivity index (χ0v) is 12.1. The third-order valence-corrected chi connectivity index (χ3v) is 4.00. The van der Waals surface area contributed by atoms with Crippen LogP contribution in [0, 0.1) is 0 Å². The maximum atomic E-state index is 6.15. The van der Waals surface area contributed by atoms with E-state index in [-0.39, 0.29) is 0 Å². The molecule has 6 heteroatoms. The van der Waals surface area contributed by atoms with E-state index in [0.29, 0.717) is 5.02 Å². The normalized spacial score (nSPS) is 10.7. The fourth-order valence-corrected chi connectivity index (χ4v) is 2.88. The monoisotopic (exact) mass is 305 g/mol. The molecule has 0 atom stereocenters. The van der Waals surface area contributed by atoms with Crippen LogP contribution in [0.4, 0.5) is 5.13 Å². The van der Waals surface area contributed by atoms with Crippen molar-refractivity contribution in [2.45, 2.75) is 6.42 Å². The number of nitrogens with one attached hydrogen (secondary N) is 1. The maximum Gasteiger partial charge on any atom is 0.206 e. The van der Waals surface area contributed by atoms with E-state index in [0.717, 1.165) is 34.4 Å². The first-order valence-corrected chi connectivity index (χ1v) is 7.37. The van der Waals surface area contributed by atoms with Gasteiger partial charge in [0.2, 0.25) is 5.13 Å². The van der Waals surface area contributed by atoms with Gasteiger partial charge < -0.3 is 9.73 Å². The molecule has 102 valence electrons. The van der Waals surface area contributed by atoms with Gasteiger partial charge in [-0.05, 0) is 18.2 Å². The molecule has 0 saturated carbocycles. The highest BCUT2D eigenvalue weighted by Gasteiger charge is 2.09. The molecule has 2 heterocycles. The first-order valence-electron chi connectivity index (χ1n) is 6.17. The SMILES string of the molecule is Clc1ccccc1-c1nnc(NCCc2ccco2)s1. The van der Waals surface area contributed by atoms with E-state index in [1.54, 1.807) is 6.26 Å². The van der Waals surface area contributed by atoms with Crippen LogP contribution >= 0.6 is 22.9 Å². The third-order valence-electron chi connectivity index (χ3n) is 2.76. The highest BCUT2D eigenvalue weighted by Crippen LogP contribution is 2.31. The Labute approximate surface area is 125 Å². The van der Waals surface area contributed by atoms with Crippen molar-refractivity contribution in [3.63, 3.8) is 0 Å². The summed E-state index contributed by atoms with van der Waals surface area (Å²) in [6, 6.07) is 11.5. The lowest BCUT2D eigenvalue weighted by Gasteiger charge is -1.99. The van der Waals surface area contributed by atoms with Crippen molar-refractivity contribution in [1.29, 1.82) is 0 Å². The summed E-state index contributed by atoms with van der Waals surface area (Å²) in [6.45, 7) is 0.755. The minimum atomic E-state index is 0.686. The van der Waals surface area contributed by atoms with Crippen LogP contribution < -0.4 is 5.32 Å². The van der Waals surface area contributed by atoms with Crippen LogP contribution in [0.25, 0.3) is 10.6 Å². The van der Waals surface area contributed by atoms with E-state index in [2.05, 4.69) is 15.5 Å². The minimum absolute atomic E-state index is 0.686. The Hall–Kier alpha value is -1.85. The molecule has 4 nitrogen and oxygen atoms in total. The average Bonchev–Trinajstić information content (AvgIpc) is 3.11. The van der Waals surface area contributed by atoms with Gasteiger partial charge in [0.15, 0.2) is 5.01 Å². The number of hydrogen-bond acceptors (Lipinski definition) is 5. The van der Waals surface area contributed by atoms with Gasteiger partial charge in [-0.3, -0.25) is 0 Å². The number of aromatic nitrogens is 2. The Balaban J connectivity index is 1.64. The molecule has 1 aromatic carbocycles. The molecule has 0 bridgehead atoms.